The summed E-state index contributed by atoms with van der Waals surface area (Å²) in [4.78, 5) is 0. The maximum Gasteiger partial charge on any atom is 0.0437 e. The molecule has 0 saturated heterocycles. The zero-order valence-corrected chi connectivity index (χ0v) is 9.83. The van der Waals surface area contributed by atoms with Gasteiger partial charge in [-0.1, -0.05) is 18.2 Å². The van der Waals surface area contributed by atoms with E-state index in [-0.39, 0.29) is 18.6 Å². The van der Waals surface area contributed by atoms with Gasteiger partial charge < -0.3 is 10.8 Å². The van der Waals surface area contributed by atoms with E-state index in [4.69, 9.17) is 10.8 Å². The molecule has 84 valence electrons. The molecule has 1 rings (SSSR count). The maximum atomic E-state index is 9.05. The zero-order chi connectivity index (χ0) is 11.4. The molecular weight excluding hydrogens is 186 g/mol. The van der Waals surface area contributed by atoms with Crippen LogP contribution in [0.4, 0.5) is 0 Å². The molecular formula is C13H21NO. The number of benzene rings is 1. The molecule has 2 atom stereocenters. The number of nitrogens with two attached hydrogens (primary N) is 1. The summed E-state index contributed by atoms with van der Waals surface area (Å²) in [5.74, 6) is 0.259. The summed E-state index contributed by atoms with van der Waals surface area (Å²) in [6, 6.07) is 6.37. The molecule has 1 aromatic rings. The predicted octanol–water partition coefficient (Wildman–Crippen LogP) is 2.12. The molecule has 2 unspecified atom stereocenters. The fraction of sp³-hybridized carbons (Fsp3) is 0.538. The minimum Gasteiger partial charge on any atom is -0.396 e. The SMILES string of the molecule is Cc1cccc(C(CCO)C(C)N)c1C. The Kier molecular flexibility index (Phi) is 4.30. The van der Waals surface area contributed by atoms with Crippen LogP contribution in [0, 0.1) is 13.8 Å². The van der Waals surface area contributed by atoms with Gasteiger partial charge in [0.2, 0.25) is 0 Å². The van der Waals surface area contributed by atoms with Gasteiger partial charge in [0.1, 0.15) is 0 Å². The quantitative estimate of drug-likeness (QED) is 0.794. The van der Waals surface area contributed by atoms with E-state index in [2.05, 4.69) is 32.0 Å². The number of hydrogen-bond donors (Lipinski definition) is 2. The summed E-state index contributed by atoms with van der Waals surface area (Å²) < 4.78 is 0. The number of aryl methyl sites for hydroxylation is 1. The van der Waals surface area contributed by atoms with Crippen molar-refractivity contribution in [1.82, 2.24) is 0 Å². The van der Waals surface area contributed by atoms with Gasteiger partial charge in [-0.3, -0.25) is 0 Å². The van der Waals surface area contributed by atoms with Crippen molar-refractivity contribution >= 4 is 0 Å². The van der Waals surface area contributed by atoms with E-state index < -0.39 is 0 Å². The van der Waals surface area contributed by atoms with Gasteiger partial charge in [-0.05, 0) is 43.9 Å². The lowest BCUT2D eigenvalue weighted by atomic mass is 9.86. The fourth-order valence-electron chi connectivity index (χ4n) is 2.02. The molecule has 3 N–H and O–H groups in total. The Morgan fingerprint density at radius 2 is 2.00 bits per heavy atom. The maximum absolute atomic E-state index is 9.05. The van der Waals surface area contributed by atoms with Crippen LogP contribution in [0.3, 0.4) is 0 Å². The van der Waals surface area contributed by atoms with Crippen LogP contribution in [0.2, 0.25) is 0 Å². The van der Waals surface area contributed by atoms with E-state index in [0.29, 0.717) is 0 Å². The van der Waals surface area contributed by atoms with Crippen LogP contribution in [-0.2, 0) is 0 Å². The van der Waals surface area contributed by atoms with Gasteiger partial charge in [0, 0.05) is 18.6 Å². The summed E-state index contributed by atoms with van der Waals surface area (Å²) in [6.45, 7) is 6.43. The molecule has 0 aliphatic rings. The van der Waals surface area contributed by atoms with Gasteiger partial charge in [0.05, 0.1) is 0 Å². The van der Waals surface area contributed by atoms with E-state index in [1.807, 2.05) is 6.92 Å². The summed E-state index contributed by atoms with van der Waals surface area (Å²) in [6.07, 6.45) is 0.738. The molecule has 0 amide bonds. The molecule has 2 heteroatoms. The lowest BCUT2D eigenvalue weighted by molar-refractivity contribution is 0.269. The second kappa shape index (κ2) is 5.29. The van der Waals surface area contributed by atoms with E-state index in [9.17, 15) is 0 Å². The number of rotatable bonds is 4. The standard InChI is InChI=1S/C13H21NO/c1-9-5-4-6-12(10(9)2)13(7-8-15)11(3)14/h4-6,11,13,15H,7-8,14H2,1-3H3. The highest BCUT2D eigenvalue weighted by Gasteiger charge is 2.17. The molecule has 0 fully saturated rings. The molecule has 0 radical (unpaired) electrons. The average molecular weight is 207 g/mol. The van der Waals surface area contributed by atoms with E-state index in [1.165, 1.54) is 16.7 Å². The molecule has 1 aromatic carbocycles. The van der Waals surface area contributed by atoms with Gasteiger partial charge in [-0.25, -0.2) is 0 Å². The van der Waals surface area contributed by atoms with Crippen molar-refractivity contribution in [1.29, 1.82) is 0 Å². The Morgan fingerprint density at radius 3 is 2.53 bits per heavy atom. The molecule has 0 spiro atoms. The first kappa shape index (κ1) is 12.2. The zero-order valence-electron chi connectivity index (χ0n) is 9.83. The highest BCUT2D eigenvalue weighted by Crippen LogP contribution is 2.26. The first-order valence-electron chi connectivity index (χ1n) is 5.50. The second-order valence-electron chi connectivity index (χ2n) is 4.27. The Hall–Kier alpha value is -0.860. The van der Waals surface area contributed by atoms with E-state index >= 15 is 0 Å². The van der Waals surface area contributed by atoms with E-state index in [0.717, 1.165) is 6.42 Å². The largest absolute Gasteiger partial charge is 0.396 e. The Balaban J connectivity index is 3.05. The lowest BCUT2D eigenvalue weighted by Gasteiger charge is -2.23. The molecule has 15 heavy (non-hydrogen) atoms. The summed E-state index contributed by atoms with van der Waals surface area (Å²) >= 11 is 0. The van der Waals surface area contributed by atoms with Crippen LogP contribution in [0.1, 0.15) is 36.0 Å². The third-order valence-corrected chi connectivity index (χ3v) is 3.12. The second-order valence-corrected chi connectivity index (χ2v) is 4.27. The first-order valence-corrected chi connectivity index (χ1v) is 5.50. The highest BCUT2D eigenvalue weighted by atomic mass is 16.3. The van der Waals surface area contributed by atoms with Crippen LogP contribution < -0.4 is 5.73 Å². The van der Waals surface area contributed by atoms with Gasteiger partial charge in [0.25, 0.3) is 0 Å². The minimum atomic E-state index is 0.0812. The van der Waals surface area contributed by atoms with Crippen molar-refractivity contribution < 1.29 is 5.11 Å². The van der Waals surface area contributed by atoms with Crippen molar-refractivity contribution in [3.05, 3.63) is 34.9 Å². The summed E-state index contributed by atoms with van der Waals surface area (Å²) in [7, 11) is 0. The van der Waals surface area contributed by atoms with Crippen molar-refractivity contribution in [3.63, 3.8) is 0 Å². The monoisotopic (exact) mass is 207 g/mol. The van der Waals surface area contributed by atoms with Crippen molar-refractivity contribution in [2.45, 2.75) is 39.2 Å². The predicted molar refractivity (Wildman–Crippen MR) is 64.0 cm³/mol. The smallest absolute Gasteiger partial charge is 0.0437 e. The Bertz CT molecular complexity index is 320. The molecule has 2 nitrogen and oxygen atoms in total. The number of aliphatic hydroxyl groups is 1. The van der Waals surface area contributed by atoms with Crippen LogP contribution in [0.25, 0.3) is 0 Å². The summed E-state index contributed by atoms with van der Waals surface area (Å²) in [5, 5.41) is 9.05. The highest BCUT2D eigenvalue weighted by molar-refractivity contribution is 5.36. The summed E-state index contributed by atoms with van der Waals surface area (Å²) in [5.41, 5.74) is 9.83. The average Bonchev–Trinajstić information content (AvgIpc) is 2.19. The molecule has 0 aromatic heterocycles. The van der Waals surface area contributed by atoms with Crippen molar-refractivity contribution in [3.8, 4) is 0 Å². The number of aliphatic hydroxyl groups excluding tert-OH is 1. The third-order valence-electron chi connectivity index (χ3n) is 3.12. The topological polar surface area (TPSA) is 46.2 Å². The minimum absolute atomic E-state index is 0.0812. The fourth-order valence-corrected chi connectivity index (χ4v) is 2.02. The van der Waals surface area contributed by atoms with Crippen LogP contribution in [0.5, 0.6) is 0 Å². The van der Waals surface area contributed by atoms with Crippen LogP contribution >= 0.6 is 0 Å². The third kappa shape index (κ3) is 2.80. The van der Waals surface area contributed by atoms with Crippen molar-refractivity contribution in [2.75, 3.05) is 6.61 Å². The van der Waals surface area contributed by atoms with Gasteiger partial charge >= 0.3 is 0 Å². The van der Waals surface area contributed by atoms with Gasteiger partial charge in [-0.15, -0.1) is 0 Å². The molecule has 0 bridgehead atoms. The molecule has 0 aliphatic carbocycles. The molecule has 0 saturated carbocycles. The molecule has 0 heterocycles. The van der Waals surface area contributed by atoms with Crippen LogP contribution in [0.15, 0.2) is 18.2 Å². The van der Waals surface area contributed by atoms with Gasteiger partial charge in [0.15, 0.2) is 0 Å². The van der Waals surface area contributed by atoms with Gasteiger partial charge in [-0.2, -0.15) is 0 Å². The first-order chi connectivity index (χ1) is 7.07. The lowest BCUT2D eigenvalue weighted by Crippen LogP contribution is -2.26. The Morgan fingerprint density at radius 1 is 1.33 bits per heavy atom. The van der Waals surface area contributed by atoms with Crippen molar-refractivity contribution in [2.24, 2.45) is 5.73 Å². The normalized spacial score (nSPS) is 15.0. The molecule has 0 aliphatic heterocycles. The van der Waals surface area contributed by atoms with E-state index in [1.54, 1.807) is 0 Å². The number of hydrogen-bond acceptors (Lipinski definition) is 2. The Labute approximate surface area is 92.1 Å². The van der Waals surface area contributed by atoms with Crippen LogP contribution in [-0.4, -0.2) is 17.8 Å².